The number of quaternary nitrogens is 2. The van der Waals surface area contributed by atoms with Crippen molar-refractivity contribution >= 4 is 11.9 Å². The van der Waals surface area contributed by atoms with Crippen molar-refractivity contribution in [2.24, 2.45) is 0 Å². The van der Waals surface area contributed by atoms with Gasteiger partial charge in [-0.3, -0.25) is 4.48 Å². The van der Waals surface area contributed by atoms with E-state index >= 15 is 0 Å². The molecule has 6 nitrogen and oxygen atoms in total. The molecule has 0 radical (unpaired) electrons. The van der Waals surface area contributed by atoms with Gasteiger partial charge in [0.15, 0.2) is 0 Å². The third-order valence-electron chi connectivity index (χ3n) is 3.95. The number of esters is 2. The second-order valence-corrected chi connectivity index (χ2v) is 8.01. The van der Waals surface area contributed by atoms with Gasteiger partial charge in [0, 0.05) is 24.0 Å². The standard InChI is InChI=1S/C19H36N2O4/c1-16(2)18(22)24-14-13-20(5,6)11-9-10-12-21(7,8)15-25-19(23)17(3)4/h1,3,9-15H2,2,4-8H3/q+2. The second-order valence-electron chi connectivity index (χ2n) is 8.01. The van der Waals surface area contributed by atoms with Crippen LogP contribution in [-0.2, 0) is 19.1 Å². The third-order valence-corrected chi connectivity index (χ3v) is 3.95. The zero-order valence-electron chi connectivity index (χ0n) is 16.9. The monoisotopic (exact) mass is 356 g/mol. The summed E-state index contributed by atoms with van der Waals surface area (Å²) in [5, 5.41) is 0. The third kappa shape index (κ3) is 11.5. The van der Waals surface area contributed by atoms with E-state index in [1.807, 2.05) is 14.1 Å². The fraction of sp³-hybridized carbons (Fsp3) is 0.684. The van der Waals surface area contributed by atoms with E-state index in [0.29, 0.717) is 29.0 Å². The Morgan fingerprint density at radius 3 is 1.68 bits per heavy atom. The van der Waals surface area contributed by atoms with Crippen molar-refractivity contribution in [3.8, 4) is 0 Å². The van der Waals surface area contributed by atoms with Crippen molar-refractivity contribution in [1.29, 1.82) is 0 Å². The molecule has 0 saturated carbocycles. The Balaban J connectivity index is 4.03. The summed E-state index contributed by atoms with van der Waals surface area (Å²) < 4.78 is 11.8. The van der Waals surface area contributed by atoms with Gasteiger partial charge < -0.3 is 14.0 Å². The van der Waals surface area contributed by atoms with Gasteiger partial charge >= 0.3 is 11.9 Å². The molecule has 0 bridgehead atoms. The molecule has 0 amide bonds. The summed E-state index contributed by atoms with van der Waals surface area (Å²) in [6.45, 7) is 13.9. The highest BCUT2D eigenvalue weighted by atomic mass is 16.5. The lowest BCUT2D eigenvalue weighted by Gasteiger charge is -2.31. The average molecular weight is 357 g/mol. The Morgan fingerprint density at radius 1 is 0.760 bits per heavy atom. The zero-order chi connectivity index (χ0) is 19.7. The molecule has 6 heteroatoms. The van der Waals surface area contributed by atoms with Crippen LogP contribution in [0, 0.1) is 0 Å². The Hall–Kier alpha value is -1.66. The minimum atomic E-state index is -0.340. The van der Waals surface area contributed by atoms with E-state index in [4.69, 9.17) is 9.47 Å². The molecule has 0 N–H and O–H groups in total. The smallest absolute Gasteiger partial charge is 0.337 e. The highest BCUT2D eigenvalue weighted by Gasteiger charge is 2.20. The van der Waals surface area contributed by atoms with E-state index in [1.165, 1.54) is 0 Å². The van der Waals surface area contributed by atoms with Gasteiger partial charge in [-0.1, -0.05) is 13.2 Å². The van der Waals surface area contributed by atoms with Crippen LogP contribution in [-0.4, -0.2) is 82.1 Å². The number of ether oxygens (including phenoxy) is 2. The van der Waals surface area contributed by atoms with Crippen LogP contribution in [0.15, 0.2) is 24.3 Å². The predicted octanol–water partition coefficient (Wildman–Crippen LogP) is 2.12. The number of hydrogen-bond acceptors (Lipinski definition) is 4. The lowest BCUT2D eigenvalue weighted by atomic mass is 10.2. The van der Waals surface area contributed by atoms with Crippen molar-refractivity contribution < 1.29 is 28.0 Å². The van der Waals surface area contributed by atoms with E-state index in [-0.39, 0.29) is 11.9 Å². The molecule has 0 aromatic rings. The summed E-state index contributed by atoms with van der Waals surface area (Å²) >= 11 is 0. The lowest BCUT2D eigenvalue weighted by molar-refractivity contribution is -0.909. The van der Waals surface area contributed by atoms with Gasteiger partial charge in [0.1, 0.15) is 13.2 Å². The number of likely N-dealkylation sites (N-methyl/N-ethyl adjacent to an activating group) is 1. The van der Waals surface area contributed by atoms with Crippen LogP contribution in [0.2, 0.25) is 0 Å². The molecular formula is C19H36N2O4+2. The number of unbranched alkanes of at least 4 members (excludes halogenated alkanes) is 1. The molecule has 0 atom stereocenters. The number of carbonyl (C=O) groups is 2. The van der Waals surface area contributed by atoms with Gasteiger partial charge in [0.2, 0.25) is 6.73 Å². The van der Waals surface area contributed by atoms with Crippen LogP contribution in [0.1, 0.15) is 26.7 Å². The van der Waals surface area contributed by atoms with Crippen LogP contribution in [0.4, 0.5) is 0 Å². The molecular weight excluding hydrogens is 320 g/mol. The van der Waals surface area contributed by atoms with Crippen LogP contribution >= 0.6 is 0 Å². The van der Waals surface area contributed by atoms with Crippen LogP contribution in [0.5, 0.6) is 0 Å². The van der Waals surface area contributed by atoms with Crippen molar-refractivity contribution in [1.82, 2.24) is 0 Å². The second kappa shape index (κ2) is 10.4. The molecule has 0 rings (SSSR count). The molecule has 0 aliphatic carbocycles. The number of nitrogens with zero attached hydrogens (tertiary/aromatic N) is 2. The predicted molar refractivity (Wildman–Crippen MR) is 99.6 cm³/mol. The fourth-order valence-corrected chi connectivity index (χ4v) is 2.12. The largest absolute Gasteiger partial charge is 0.456 e. The Morgan fingerprint density at radius 2 is 1.20 bits per heavy atom. The van der Waals surface area contributed by atoms with E-state index in [0.717, 1.165) is 37.0 Å². The van der Waals surface area contributed by atoms with Gasteiger partial charge in [0.25, 0.3) is 0 Å². The van der Waals surface area contributed by atoms with Crippen molar-refractivity contribution in [3.63, 3.8) is 0 Å². The van der Waals surface area contributed by atoms with Crippen LogP contribution < -0.4 is 0 Å². The topological polar surface area (TPSA) is 52.6 Å². The number of rotatable bonds is 12. The van der Waals surface area contributed by atoms with E-state index < -0.39 is 0 Å². The summed E-state index contributed by atoms with van der Waals surface area (Å²) in [5.41, 5.74) is 0.851. The highest BCUT2D eigenvalue weighted by Crippen LogP contribution is 2.07. The van der Waals surface area contributed by atoms with Gasteiger partial charge in [0.05, 0.1) is 41.3 Å². The molecule has 0 heterocycles. The molecule has 0 aliphatic rings. The molecule has 0 aromatic carbocycles. The lowest BCUT2D eigenvalue weighted by Crippen LogP contribution is -2.45. The molecule has 0 unspecified atom stereocenters. The summed E-state index contributed by atoms with van der Waals surface area (Å²) in [6, 6.07) is 0. The van der Waals surface area contributed by atoms with Crippen molar-refractivity contribution in [2.45, 2.75) is 26.7 Å². The first-order valence-electron chi connectivity index (χ1n) is 8.65. The van der Waals surface area contributed by atoms with Crippen molar-refractivity contribution in [2.75, 3.05) is 61.2 Å². The molecule has 0 spiro atoms. The zero-order valence-corrected chi connectivity index (χ0v) is 16.9. The summed E-state index contributed by atoms with van der Waals surface area (Å²) in [5.74, 6) is -0.670. The molecule has 0 aromatic heterocycles. The maximum atomic E-state index is 11.5. The SMILES string of the molecule is C=C(C)C(=O)OCC[N+](C)(C)CCCC[N+](C)(C)COC(=O)C(=C)C. The van der Waals surface area contributed by atoms with Crippen LogP contribution in [0.3, 0.4) is 0 Å². The fourth-order valence-electron chi connectivity index (χ4n) is 2.12. The molecule has 0 saturated heterocycles. The van der Waals surface area contributed by atoms with Crippen molar-refractivity contribution in [3.05, 3.63) is 24.3 Å². The Kier molecular flexibility index (Phi) is 9.67. The van der Waals surface area contributed by atoms with E-state index in [2.05, 4.69) is 27.3 Å². The first kappa shape index (κ1) is 23.3. The quantitative estimate of drug-likeness (QED) is 0.177. The maximum Gasteiger partial charge on any atom is 0.337 e. The normalized spacial score (nSPS) is 11.8. The van der Waals surface area contributed by atoms with Gasteiger partial charge in [-0.2, -0.15) is 0 Å². The summed E-state index contributed by atoms with van der Waals surface area (Å²) in [4.78, 5) is 22.8. The Labute approximate surface area is 152 Å². The number of carbonyl (C=O) groups excluding carboxylic acids is 2. The van der Waals surface area contributed by atoms with Gasteiger partial charge in [-0.15, -0.1) is 0 Å². The molecule has 0 aliphatic heterocycles. The highest BCUT2D eigenvalue weighted by molar-refractivity contribution is 5.87. The molecule has 25 heavy (non-hydrogen) atoms. The average Bonchev–Trinajstić information content (AvgIpc) is 2.48. The van der Waals surface area contributed by atoms with E-state index in [1.54, 1.807) is 13.8 Å². The minimum Gasteiger partial charge on any atom is -0.456 e. The molecule has 0 fully saturated rings. The summed E-state index contributed by atoms with van der Waals surface area (Å²) in [7, 11) is 8.35. The maximum absolute atomic E-state index is 11.5. The minimum absolute atomic E-state index is 0.330. The van der Waals surface area contributed by atoms with E-state index in [9.17, 15) is 9.59 Å². The first-order valence-corrected chi connectivity index (χ1v) is 8.65. The van der Waals surface area contributed by atoms with Gasteiger partial charge in [-0.25, -0.2) is 9.59 Å². The first-order chi connectivity index (χ1) is 11.4. The van der Waals surface area contributed by atoms with Gasteiger partial charge in [-0.05, 0) is 13.8 Å². The summed E-state index contributed by atoms with van der Waals surface area (Å²) in [6.07, 6.45) is 2.09. The Bertz CT molecular complexity index is 496. The number of hydrogen-bond donors (Lipinski definition) is 0. The van der Waals surface area contributed by atoms with Crippen LogP contribution in [0.25, 0.3) is 0 Å². The molecule has 144 valence electrons.